The van der Waals surface area contributed by atoms with Gasteiger partial charge in [-0.25, -0.2) is 14.4 Å². The molecule has 2 aromatic rings. The summed E-state index contributed by atoms with van der Waals surface area (Å²) in [6.07, 6.45) is -0.170. The second kappa shape index (κ2) is 8.90. The zero-order chi connectivity index (χ0) is 20.3. The predicted molar refractivity (Wildman–Crippen MR) is 109 cm³/mol. The molecule has 9 heteroatoms. The van der Waals surface area contributed by atoms with Gasteiger partial charge < -0.3 is 14.9 Å². The molecule has 0 saturated carbocycles. The Balaban J connectivity index is 2.75. The van der Waals surface area contributed by atoms with Crippen LogP contribution >= 0.6 is 45.8 Å². The number of carbonyl (C=O) groups is 3. The highest BCUT2D eigenvalue weighted by molar-refractivity contribution is 14.1. The van der Waals surface area contributed by atoms with Crippen molar-refractivity contribution in [1.29, 1.82) is 0 Å². The third-order valence-electron chi connectivity index (χ3n) is 3.93. The lowest BCUT2D eigenvalue weighted by molar-refractivity contribution is 0.0598. The van der Waals surface area contributed by atoms with Crippen LogP contribution in [0.4, 0.5) is 0 Å². The molecule has 0 aliphatic heterocycles. The van der Waals surface area contributed by atoms with E-state index in [0.29, 0.717) is 9.99 Å². The Bertz CT molecular complexity index is 942. The van der Waals surface area contributed by atoms with Gasteiger partial charge in [-0.1, -0.05) is 51.9 Å². The van der Waals surface area contributed by atoms with Crippen LogP contribution in [0.25, 0.3) is 0 Å². The van der Waals surface area contributed by atoms with Crippen LogP contribution in [0, 0.1) is 0 Å². The molecule has 2 N–H and O–H groups in total. The predicted octanol–water partition coefficient (Wildman–Crippen LogP) is 4.70. The Morgan fingerprint density at radius 2 is 1.63 bits per heavy atom. The fraction of sp³-hybridized carbons (Fsp3) is 0.167. The van der Waals surface area contributed by atoms with E-state index in [1.165, 1.54) is 31.4 Å². The number of hydrogen-bond acceptors (Lipinski definition) is 4. The molecule has 0 aliphatic rings. The van der Waals surface area contributed by atoms with Gasteiger partial charge in [0.25, 0.3) is 0 Å². The number of halogens is 3. The minimum atomic E-state index is -1.27. The van der Waals surface area contributed by atoms with Gasteiger partial charge in [0.2, 0.25) is 0 Å². The summed E-state index contributed by atoms with van der Waals surface area (Å²) in [6, 6.07) is 5.64. The van der Waals surface area contributed by atoms with Crippen molar-refractivity contribution in [1.82, 2.24) is 0 Å². The number of methoxy groups -OCH3 is 1. The first-order valence-electron chi connectivity index (χ1n) is 7.45. The Morgan fingerprint density at radius 1 is 1.00 bits per heavy atom. The number of rotatable bonds is 6. The van der Waals surface area contributed by atoms with Crippen molar-refractivity contribution in [3.05, 3.63) is 67.7 Å². The van der Waals surface area contributed by atoms with E-state index in [-0.39, 0.29) is 44.3 Å². The zero-order valence-electron chi connectivity index (χ0n) is 13.9. The van der Waals surface area contributed by atoms with Gasteiger partial charge in [0.1, 0.15) is 0 Å². The third kappa shape index (κ3) is 4.36. The SMILES string of the molecule is COC(=O)c1ccc(Cl)c(Cc2c(C(=O)O)ccc(CI)c2C(=O)O)c1Cl. The molecule has 0 atom stereocenters. The fourth-order valence-electron chi connectivity index (χ4n) is 2.66. The Morgan fingerprint density at radius 3 is 2.15 bits per heavy atom. The number of benzene rings is 2. The van der Waals surface area contributed by atoms with Gasteiger partial charge in [0.15, 0.2) is 0 Å². The fourth-order valence-corrected chi connectivity index (χ4v) is 3.88. The first-order chi connectivity index (χ1) is 12.7. The van der Waals surface area contributed by atoms with Gasteiger partial charge in [-0.15, -0.1) is 0 Å². The number of aromatic carboxylic acids is 2. The quantitative estimate of drug-likeness (QED) is 0.324. The van der Waals surface area contributed by atoms with Crippen LogP contribution in [0.2, 0.25) is 10.0 Å². The molecule has 27 heavy (non-hydrogen) atoms. The molecule has 0 bridgehead atoms. The maximum atomic E-state index is 11.9. The van der Waals surface area contributed by atoms with Crippen LogP contribution in [0.15, 0.2) is 24.3 Å². The number of ether oxygens (including phenoxy) is 1. The molecule has 142 valence electrons. The maximum absolute atomic E-state index is 11.9. The van der Waals surface area contributed by atoms with E-state index >= 15 is 0 Å². The summed E-state index contributed by atoms with van der Waals surface area (Å²) in [7, 11) is 1.20. The summed E-state index contributed by atoms with van der Waals surface area (Å²) in [5, 5.41) is 19.3. The smallest absolute Gasteiger partial charge is 0.339 e. The number of carbonyl (C=O) groups excluding carboxylic acids is 1. The molecule has 0 spiro atoms. The standard InChI is InChI=1S/C18H13Cl2IO6/c1-27-18(26)10-4-5-13(19)12(15(10)20)6-11-9(16(22)23)3-2-8(7-21)14(11)17(24)25/h2-5H,6-7H2,1H3,(H,22,23)(H,24,25). The van der Waals surface area contributed by atoms with Crippen LogP contribution in [0.5, 0.6) is 0 Å². The normalized spacial score (nSPS) is 10.5. The average Bonchev–Trinajstić information content (AvgIpc) is 2.63. The van der Waals surface area contributed by atoms with E-state index in [1.807, 2.05) is 22.6 Å². The first kappa shape index (κ1) is 21.5. The lowest BCUT2D eigenvalue weighted by Gasteiger charge is -2.16. The Labute approximate surface area is 178 Å². The summed E-state index contributed by atoms with van der Waals surface area (Å²) in [6.45, 7) is 0. The van der Waals surface area contributed by atoms with Gasteiger partial charge in [-0.2, -0.15) is 0 Å². The minimum Gasteiger partial charge on any atom is -0.478 e. The highest BCUT2D eigenvalue weighted by Gasteiger charge is 2.25. The minimum absolute atomic E-state index is 0.0121. The second-order valence-corrected chi connectivity index (χ2v) is 6.97. The molecule has 0 radical (unpaired) electrons. The van der Waals surface area contributed by atoms with Gasteiger partial charge in [0.05, 0.1) is 28.8 Å². The maximum Gasteiger partial charge on any atom is 0.339 e. The Hall–Kier alpha value is -1.84. The second-order valence-electron chi connectivity index (χ2n) is 5.43. The van der Waals surface area contributed by atoms with Crippen molar-refractivity contribution < 1.29 is 29.3 Å². The van der Waals surface area contributed by atoms with Gasteiger partial charge >= 0.3 is 17.9 Å². The number of esters is 1. The Kier molecular flexibility index (Phi) is 7.07. The average molecular weight is 523 g/mol. The van der Waals surface area contributed by atoms with E-state index in [2.05, 4.69) is 4.74 Å². The summed E-state index contributed by atoms with van der Waals surface area (Å²) in [4.78, 5) is 35.3. The summed E-state index contributed by atoms with van der Waals surface area (Å²) < 4.78 is 5.04. The summed E-state index contributed by atoms with van der Waals surface area (Å²) in [5.41, 5.74) is 0.556. The van der Waals surface area contributed by atoms with Crippen LogP contribution in [-0.4, -0.2) is 35.2 Å². The molecule has 2 aromatic carbocycles. The van der Waals surface area contributed by atoms with Crippen molar-refractivity contribution in [2.45, 2.75) is 10.8 Å². The number of hydrogen-bond donors (Lipinski definition) is 2. The first-order valence-corrected chi connectivity index (χ1v) is 9.73. The molecular formula is C18H13Cl2IO6. The van der Waals surface area contributed by atoms with Crippen LogP contribution in [0.1, 0.15) is 47.8 Å². The van der Waals surface area contributed by atoms with Gasteiger partial charge in [0, 0.05) is 15.9 Å². The highest BCUT2D eigenvalue weighted by atomic mass is 127. The number of alkyl halides is 1. The topological polar surface area (TPSA) is 101 Å². The number of carboxylic acids is 2. The van der Waals surface area contributed by atoms with Crippen molar-refractivity contribution in [2.75, 3.05) is 7.11 Å². The molecule has 0 unspecified atom stereocenters. The van der Waals surface area contributed by atoms with Gasteiger partial charge in [-0.05, 0) is 34.9 Å². The molecule has 0 heterocycles. The summed E-state index contributed by atoms with van der Waals surface area (Å²) in [5.74, 6) is -3.21. The van der Waals surface area contributed by atoms with Crippen LogP contribution in [-0.2, 0) is 15.6 Å². The molecule has 0 aromatic heterocycles. The molecule has 0 amide bonds. The molecule has 6 nitrogen and oxygen atoms in total. The van der Waals surface area contributed by atoms with E-state index in [1.54, 1.807) is 0 Å². The van der Waals surface area contributed by atoms with Crippen molar-refractivity contribution >= 4 is 63.7 Å². The lowest BCUT2D eigenvalue weighted by Crippen LogP contribution is -2.14. The van der Waals surface area contributed by atoms with Crippen LogP contribution < -0.4 is 0 Å². The van der Waals surface area contributed by atoms with Crippen molar-refractivity contribution in [3.8, 4) is 0 Å². The molecular weight excluding hydrogens is 510 g/mol. The third-order valence-corrected chi connectivity index (χ3v) is 5.54. The van der Waals surface area contributed by atoms with E-state index in [0.717, 1.165) is 0 Å². The zero-order valence-corrected chi connectivity index (χ0v) is 17.6. The molecule has 0 aliphatic carbocycles. The highest BCUT2D eigenvalue weighted by Crippen LogP contribution is 2.33. The largest absolute Gasteiger partial charge is 0.478 e. The van der Waals surface area contributed by atoms with Crippen molar-refractivity contribution in [2.24, 2.45) is 0 Å². The van der Waals surface area contributed by atoms with Crippen LogP contribution in [0.3, 0.4) is 0 Å². The monoisotopic (exact) mass is 522 g/mol. The molecule has 0 saturated heterocycles. The van der Waals surface area contributed by atoms with E-state index in [4.69, 9.17) is 23.2 Å². The lowest BCUT2D eigenvalue weighted by atomic mass is 9.91. The molecule has 2 rings (SSSR count). The molecule has 0 fully saturated rings. The number of carboxylic acid groups (broad SMARTS) is 2. The van der Waals surface area contributed by atoms with E-state index in [9.17, 15) is 24.6 Å². The van der Waals surface area contributed by atoms with Gasteiger partial charge in [-0.3, -0.25) is 0 Å². The van der Waals surface area contributed by atoms with E-state index < -0.39 is 17.9 Å². The van der Waals surface area contributed by atoms with Crippen molar-refractivity contribution in [3.63, 3.8) is 0 Å². The summed E-state index contributed by atoms with van der Waals surface area (Å²) >= 11 is 14.5.